The number of rotatable bonds is 5. The summed E-state index contributed by atoms with van der Waals surface area (Å²) < 4.78 is 0. The van der Waals surface area contributed by atoms with E-state index in [4.69, 9.17) is 0 Å². The molecule has 0 radical (unpaired) electrons. The van der Waals surface area contributed by atoms with Crippen LogP contribution in [-0.2, 0) is 12.8 Å². The Morgan fingerprint density at radius 3 is 2.11 bits per heavy atom. The number of carbonyl (C=O) groups excluding carboxylic acids is 1. The van der Waals surface area contributed by atoms with Crippen LogP contribution in [0.25, 0.3) is 0 Å². The van der Waals surface area contributed by atoms with E-state index in [1.807, 2.05) is 30.3 Å². The van der Waals surface area contributed by atoms with Crippen LogP contribution in [0.2, 0.25) is 0 Å². The number of aryl methyl sites for hydroxylation is 2. The molecule has 0 heterocycles. The quantitative estimate of drug-likeness (QED) is 0.718. The van der Waals surface area contributed by atoms with Crippen molar-refractivity contribution < 1.29 is 4.79 Å². The minimum Gasteiger partial charge on any atom is -0.294 e. The smallest absolute Gasteiger partial charge is 0.163 e. The van der Waals surface area contributed by atoms with Crippen LogP contribution in [0.3, 0.4) is 0 Å². The predicted molar refractivity (Wildman–Crippen MR) is 74.9 cm³/mol. The van der Waals surface area contributed by atoms with Crippen LogP contribution >= 0.6 is 0 Å². The standard InChI is InChI=1S/C17H18O/c1-2-14-8-10-15(11-9-14)12-13-17(18)16-6-4-3-5-7-16/h3-11H,2,12-13H2,1H3. The van der Waals surface area contributed by atoms with Gasteiger partial charge in [-0.2, -0.15) is 0 Å². The van der Waals surface area contributed by atoms with Crippen LogP contribution in [0.1, 0.15) is 34.8 Å². The molecule has 0 spiro atoms. The first-order valence-electron chi connectivity index (χ1n) is 6.45. The van der Waals surface area contributed by atoms with Crippen molar-refractivity contribution in [3.63, 3.8) is 0 Å². The van der Waals surface area contributed by atoms with Crippen molar-refractivity contribution in [3.05, 3.63) is 71.3 Å². The van der Waals surface area contributed by atoms with Gasteiger partial charge in [0.05, 0.1) is 0 Å². The zero-order chi connectivity index (χ0) is 12.8. The minimum atomic E-state index is 0.218. The van der Waals surface area contributed by atoms with Crippen molar-refractivity contribution in [3.8, 4) is 0 Å². The largest absolute Gasteiger partial charge is 0.294 e. The molecule has 0 amide bonds. The number of hydrogen-bond acceptors (Lipinski definition) is 1. The number of benzene rings is 2. The van der Waals surface area contributed by atoms with Gasteiger partial charge in [0, 0.05) is 12.0 Å². The second-order valence-corrected chi connectivity index (χ2v) is 4.46. The van der Waals surface area contributed by atoms with Crippen LogP contribution in [0.5, 0.6) is 0 Å². The van der Waals surface area contributed by atoms with Gasteiger partial charge in [0.25, 0.3) is 0 Å². The van der Waals surface area contributed by atoms with Crippen LogP contribution in [0, 0.1) is 0 Å². The van der Waals surface area contributed by atoms with Gasteiger partial charge in [-0.1, -0.05) is 61.5 Å². The second-order valence-electron chi connectivity index (χ2n) is 4.46. The molecule has 0 fully saturated rings. The molecule has 2 aromatic rings. The van der Waals surface area contributed by atoms with E-state index in [9.17, 15) is 4.79 Å². The summed E-state index contributed by atoms with van der Waals surface area (Å²) in [5, 5.41) is 0. The van der Waals surface area contributed by atoms with Crippen molar-refractivity contribution in [2.75, 3.05) is 0 Å². The summed E-state index contributed by atoms with van der Waals surface area (Å²) in [5.41, 5.74) is 3.38. The maximum absolute atomic E-state index is 11.9. The Morgan fingerprint density at radius 2 is 1.50 bits per heavy atom. The molecule has 1 nitrogen and oxygen atoms in total. The molecule has 0 atom stereocenters. The summed E-state index contributed by atoms with van der Waals surface area (Å²) in [4.78, 5) is 11.9. The van der Waals surface area contributed by atoms with E-state index in [1.54, 1.807) is 0 Å². The average Bonchev–Trinajstić information content (AvgIpc) is 2.46. The third kappa shape index (κ3) is 3.30. The zero-order valence-electron chi connectivity index (χ0n) is 10.7. The fraction of sp³-hybridized carbons (Fsp3) is 0.235. The second kappa shape index (κ2) is 6.15. The summed E-state index contributed by atoms with van der Waals surface area (Å²) in [6.45, 7) is 2.15. The van der Waals surface area contributed by atoms with Crippen LogP contribution < -0.4 is 0 Å². The summed E-state index contributed by atoms with van der Waals surface area (Å²) in [7, 11) is 0. The predicted octanol–water partition coefficient (Wildman–Crippen LogP) is 4.06. The van der Waals surface area contributed by atoms with Crippen molar-refractivity contribution in [1.82, 2.24) is 0 Å². The normalized spacial score (nSPS) is 10.3. The average molecular weight is 238 g/mol. The van der Waals surface area contributed by atoms with Crippen LogP contribution in [-0.4, -0.2) is 5.78 Å². The summed E-state index contributed by atoms with van der Waals surface area (Å²) in [6, 6.07) is 18.0. The van der Waals surface area contributed by atoms with Crippen LogP contribution in [0.4, 0.5) is 0 Å². The molecule has 0 bridgehead atoms. The van der Waals surface area contributed by atoms with E-state index in [0.717, 1.165) is 18.4 Å². The Hall–Kier alpha value is -1.89. The van der Waals surface area contributed by atoms with Crippen molar-refractivity contribution >= 4 is 5.78 Å². The number of Topliss-reactive ketones (excluding diaryl/α,β-unsaturated/α-hetero) is 1. The maximum atomic E-state index is 11.9. The molecule has 0 unspecified atom stereocenters. The molecule has 18 heavy (non-hydrogen) atoms. The van der Waals surface area contributed by atoms with E-state index >= 15 is 0 Å². The molecule has 2 aromatic carbocycles. The van der Waals surface area contributed by atoms with Gasteiger partial charge in [0.2, 0.25) is 0 Å². The molecule has 0 aliphatic heterocycles. The van der Waals surface area contributed by atoms with Gasteiger partial charge in [-0.15, -0.1) is 0 Å². The fourth-order valence-corrected chi connectivity index (χ4v) is 1.97. The number of hydrogen-bond donors (Lipinski definition) is 0. The van der Waals surface area contributed by atoms with E-state index in [2.05, 4.69) is 31.2 Å². The number of carbonyl (C=O) groups is 1. The lowest BCUT2D eigenvalue weighted by atomic mass is 10.0. The van der Waals surface area contributed by atoms with Gasteiger partial charge < -0.3 is 0 Å². The Kier molecular flexibility index (Phi) is 4.30. The molecule has 0 aliphatic rings. The summed E-state index contributed by atoms with van der Waals surface area (Å²) in [5.74, 6) is 0.218. The Balaban J connectivity index is 1.93. The van der Waals surface area contributed by atoms with Crippen molar-refractivity contribution in [2.24, 2.45) is 0 Å². The zero-order valence-corrected chi connectivity index (χ0v) is 10.7. The molecule has 0 aromatic heterocycles. The first-order valence-corrected chi connectivity index (χ1v) is 6.45. The van der Waals surface area contributed by atoms with E-state index in [-0.39, 0.29) is 5.78 Å². The third-order valence-corrected chi connectivity index (χ3v) is 3.17. The molecule has 2 rings (SSSR count). The highest BCUT2D eigenvalue weighted by atomic mass is 16.1. The molecular weight excluding hydrogens is 220 g/mol. The van der Waals surface area contributed by atoms with Gasteiger partial charge in [-0.05, 0) is 24.0 Å². The van der Waals surface area contributed by atoms with Crippen molar-refractivity contribution in [1.29, 1.82) is 0 Å². The lowest BCUT2D eigenvalue weighted by Gasteiger charge is -2.03. The minimum absolute atomic E-state index is 0.218. The molecule has 0 N–H and O–H groups in total. The van der Waals surface area contributed by atoms with Gasteiger partial charge in [-0.25, -0.2) is 0 Å². The van der Waals surface area contributed by atoms with E-state index in [1.165, 1.54) is 11.1 Å². The van der Waals surface area contributed by atoms with Crippen molar-refractivity contribution in [2.45, 2.75) is 26.2 Å². The van der Waals surface area contributed by atoms with Gasteiger partial charge >= 0.3 is 0 Å². The molecule has 0 aliphatic carbocycles. The van der Waals surface area contributed by atoms with Gasteiger partial charge in [0.1, 0.15) is 0 Å². The molecule has 1 heteroatoms. The highest BCUT2D eigenvalue weighted by molar-refractivity contribution is 5.96. The number of ketones is 1. The van der Waals surface area contributed by atoms with Crippen LogP contribution in [0.15, 0.2) is 54.6 Å². The molecule has 92 valence electrons. The lowest BCUT2D eigenvalue weighted by Crippen LogP contribution is -2.00. The topological polar surface area (TPSA) is 17.1 Å². The highest BCUT2D eigenvalue weighted by Gasteiger charge is 2.05. The highest BCUT2D eigenvalue weighted by Crippen LogP contribution is 2.10. The molecule has 0 saturated heterocycles. The first-order chi connectivity index (χ1) is 8.79. The first kappa shape index (κ1) is 12.6. The summed E-state index contributed by atoms with van der Waals surface area (Å²) >= 11 is 0. The monoisotopic (exact) mass is 238 g/mol. The van der Waals surface area contributed by atoms with Gasteiger partial charge in [0.15, 0.2) is 5.78 Å². The Morgan fingerprint density at radius 1 is 0.889 bits per heavy atom. The van der Waals surface area contributed by atoms with E-state index < -0.39 is 0 Å². The SMILES string of the molecule is CCc1ccc(CCC(=O)c2ccccc2)cc1. The summed E-state index contributed by atoms with van der Waals surface area (Å²) in [6.07, 6.45) is 2.45. The lowest BCUT2D eigenvalue weighted by molar-refractivity contribution is 0.0983. The Bertz CT molecular complexity index is 497. The molecular formula is C17H18O. The Labute approximate surface area is 108 Å². The maximum Gasteiger partial charge on any atom is 0.163 e. The molecule has 0 saturated carbocycles. The van der Waals surface area contributed by atoms with E-state index in [0.29, 0.717) is 6.42 Å². The third-order valence-electron chi connectivity index (χ3n) is 3.17. The fourth-order valence-electron chi connectivity index (χ4n) is 1.97. The van der Waals surface area contributed by atoms with Gasteiger partial charge in [-0.3, -0.25) is 4.79 Å².